The van der Waals surface area contributed by atoms with E-state index in [1.54, 1.807) is 0 Å². The lowest BCUT2D eigenvalue weighted by Crippen LogP contribution is -2.45. The summed E-state index contributed by atoms with van der Waals surface area (Å²) in [6.45, 7) is 5.51. The summed E-state index contributed by atoms with van der Waals surface area (Å²) in [5.41, 5.74) is 5.36. The van der Waals surface area contributed by atoms with Gasteiger partial charge < -0.3 is 15.2 Å². The molecule has 1 aliphatic carbocycles. The number of pyridine rings is 1. The van der Waals surface area contributed by atoms with E-state index >= 15 is 0 Å². The minimum absolute atomic E-state index is 0.0224. The first-order valence-corrected chi connectivity index (χ1v) is 11.6. The van der Waals surface area contributed by atoms with E-state index in [1.807, 2.05) is 12.1 Å². The molecule has 0 amide bonds. The molecular weight excluding hydrogens is 402 g/mol. The first kappa shape index (κ1) is 21.6. The van der Waals surface area contributed by atoms with Crippen molar-refractivity contribution in [3.8, 4) is 0 Å². The highest BCUT2D eigenvalue weighted by atomic mass is 32.1. The zero-order valence-electron chi connectivity index (χ0n) is 18.4. The number of nitrogens with zero attached hydrogens (tertiary/aromatic N) is 1. The smallest absolute Gasteiger partial charge is 0.253 e. The fourth-order valence-electron chi connectivity index (χ4n) is 4.47. The van der Waals surface area contributed by atoms with Crippen molar-refractivity contribution in [2.45, 2.75) is 58.5 Å². The summed E-state index contributed by atoms with van der Waals surface area (Å²) in [5, 5.41) is 5.27. The molecule has 31 heavy (non-hydrogen) atoms. The largest absolute Gasteiger partial charge is 0.362 e. The topological polar surface area (TPSA) is 48.1 Å². The lowest BCUT2D eigenvalue weighted by molar-refractivity contribution is 0.302. The van der Waals surface area contributed by atoms with E-state index in [9.17, 15) is 4.79 Å². The lowest BCUT2D eigenvalue weighted by Gasteiger charge is -2.31. The van der Waals surface area contributed by atoms with Crippen LogP contribution in [0.5, 0.6) is 0 Å². The monoisotopic (exact) mass is 433 g/mol. The van der Waals surface area contributed by atoms with Crippen LogP contribution in [-0.2, 0) is 13.0 Å². The van der Waals surface area contributed by atoms with Gasteiger partial charge in [0, 0.05) is 23.7 Å². The van der Waals surface area contributed by atoms with Gasteiger partial charge in [0.15, 0.2) is 5.11 Å². The normalized spacial score (nSPS) is 14.1. The molecule has 0 bridgehead atoms. The highest BCUT2D eigenvalue weighted by Gasteiger charge is 2.25. The standard InChI is InChI=1S/C26H31N3OS/c1-18-14-21-16-22(25(30)28-24(21)15-19(18)2)17-29(23-10-6-7-11-23)26(31)27-13-12-20-8-4-3-5-9-20/h3-5,8-9,14-16,23H,6-7,10-13,17H2,1-2H3,(H,27,31)(H,28,30). The van der Waals surface area contributed by atoms with E-state index in [0.29, 0.717) is 12.6 Å². The molecule has 162 valence electrons. The molecule has 4 nitrogen and oxygen atoms in total. The predicted octanol–water partition coefficient (Wildman–Crippen LogP) is 5.01. The molecule has 0 unspecified atom stereocenters. The Morgan fingerprint density at radius 3 is 2.55 bits per heavy atom. The van der Waals surface area contributed by atoms with E-state index in [0.717, 1.165) is 47.4 Å². The van der Waals surface area contributed by atoms with Gasteiger partial charge in [0.25, 0.3) is 5.56 Å². The second kappa shape index (κ2) is 9.65. The maximum atomic E-state index is 12.9. The third kappa shape index (κ3) is 5.16. The minimum atomic E-state index is -0.0224. The number of nitrogens with one attached hydrogen (secondary N) is 2. The van der Waals surface area contributed by atoms with Crippen LogP contribution in [0.25, 0.3) is 10.9 Å². The van der Waals surface area contributed by atoms with Gasteiger partial charge >= 0.3 is 0 Å². The van der Waals surface area contributed by atoms with Crippen molar-refractivity contribution in [3.05, 3.63) is 81.1 Å². The molecule has 0 radical (unpaired) electrons. The molecular formula is C26H31N3OS. The molecule has 1 aromatic heterocycles. The number of thiocarbonyl (C=S) groups is 1. The molecule has 0 atom stereocenters. The zero-order valence-corrected chi connectivity index (χ0v) is 19.2. The van der Waals surface area contributed by atoms with Gasteiger partial charge in [-0.3, -0.25) is 4.79 Å². The first-order valence-electron chi connectivity index (χ1n) is 11.2. The number of H-pyrrole nitrogens is 1. The molecule has 0 saturated heterocycles. The maximum absolute atomic E-state index is 12.9. The van der Waals surface area contributed by atoms with Crippen LogP contribution in [0.3, 0.4) is 0 Å². The quantitative estimate of drug-likeness (QED) is 0.537. The van der Waals surface area contributed by atoms with E-state index < -0.39 is 0 Å². The summed E-state index contributed by atoms with van der Waals surface area (Å²) in [7, 11) is 0. The van der Waals surface area contributed by atoms with Crippen LogP contribution in [0, 0.1) is 13.8 Å². The molecule has 2 N–H and O–H groups in total. The summed E-state index contributed by atoms with van der Waals surface area (Å²) in [5.74, 6) is 0. The molecule has 4 rings (SSSR count). The fraction of sp³-hybridized carbons (Fsp3) is 0.385. The molecule has 1 fully saturated rings. The summed E-state index contributed by atoms with van der Waals surface area (Å²) in [6, 6.07) is 17.1. The highest BCUT2D eigenvalue weighted by molar-refractivity contribution is 7.80. The number of aromatic amines is 1. The van der Waals surface area contributed by atoms with E-state index in [2.05, 4.69) is 65.4 Å². The van der Waals surface area contributed by atoms with Crippen LogP contribution in [-0.4, -0.2) is 27.6 Å². The Morgan fingerprint density at radius 1 is 1.10 bits per heavy atom. The van der Waals surface area contributed by atoms with Crippen molar-refractivity contribution in [2.24, 2.45) is 0 Å². The molecule has 0 spiro atoms. The molecule has 2 aromatic carbocycles. The number of fused-ring (bicyclic) bond motifs is 1. The van der Waals surface area contributed by atoms with E-state index in [-0.39, 0.29) is 5.56 Å². The van der Waals surface area contributed by atoms with Gasteiger partial charge in [-0.2, -0.15) is 0 Å². The van der Waals surface area contributed by atoms with Crippen molar-refractivity contribution in [3.63, 3.8) is 0 Å². The van der Waals surface area contributed by atoms with Gasteiger partial charge in [0.1, 0.15) is 0 Å². The Kier molecular flexibility index (Phi) is 6.71. The summed E-state index contributed by atoms with van der Waals surface area (Å²) in [6.07, 6.45) is 5.63. The minimum Gasteiger partial charge on any atom is -0.362 e. The van der Waals surface area contributed by atoms with Gasteiger partial charge in [0.05, 0.1) is 6.54 Å². The predicted molar refractivity (Wildman–Crippen MR) is 133 cm³/mol. The van der Waals surface area contributed by atoms with Crippen LogP contribution >= 0.6 is 12.2 Å². The highest BCUT2D eigenvalue weighted by Crippen LogP contribution is 2.25. The summed E-state index contributed by atoms with van der Waals surface area (Å²) >= 11 is 5.81. The summed E-state index contributed by atoms with van der Waals surface area (Å²) in [4.78, 5) is 18.2. The molecule has 5 heteroatoms. The number of aryl methyl sites for hydroxylation is 2. The Bertz CT molecular complexity index is 1120. The lowest BCUT2D eigenvalue weighted by atomic mass is 10.0. The number of rotatable bonds is 6. The SMILES string of the molecule is Cc1cc2cc(CN(C(=S)NCCc3ccccc3)C3CCCC3)c(=O)[nH]c2cc1C. The van der Waals surface area contributed by atoms with Gasteiger partial charge in [-0.1, -0.05) is 43.2 Å². The van der Waals surface area contributed by atoms with Gasteiger partial charge in [-0.05, 0) is 85.6 Å². The first-order chi connectivity index (χ1) is 15.0. The zero-order chi connectivity index (χ0) is 21.8. The molecule has 1 saturated carbocycles. The second-order valence-electron chi connectivity index (χ2n) is 8.68. The molecule has 1 aliphatic rings. The van der Waals surface area contributed by atoms with Crippen molar-refractivity contribution < 1.29 is 0 Å². The van der Waals surface area contributed by atoms with Crippen LogP contribution in [0.4, 0.5) is 0 Å². The Balaban J connectivity index is 1.52. The van der Waals surface area contributed by atoms with Gasteiger partial charge in [-0.15, -0.1) is 0 Å². The molecule has 0 aliphatic heterocycles. The van der Waals surface area contributed by atoms with Gasteiger partial charge in [0.2, 0.25) is 0 Å². The van der Waals surface area contributed by atoms with Crippen molar-refractivity contribution in [1.82, 2.24) is 15.2 Å². The number of benzene rings is 2. The van der Waals surface area contributed by atoms with Crippen molar-refractivity contribution in [1.29, 1.82) is 0 Å². The van der Waals surface area contributed by atoms with Crippen molar-refractivity contribution in [2.75, 3.05) is 6.54 Å². The van der Waals surface area contributed by atoms with Crippen LogP contribution in [0.2, 0.25) is 0 Å². The van der Waals surface area contributed by atoms with Crippen LogP contribution in [0.15, 0.2) is 53.3 Å². The average molecular weight is 434 g/mol. The number of hydrogen-bond acceptors (Lipinski definition) is 2. The Morgan fingerprint density at radius 2 is 1.81 bits per heavy atom. The Hall–Kier alpha value is -2.66. The van der Waals surface area contributed by atoms with E-state index in [1.165, 1.54) is 29.5 Å². The second-order valence-corrected chi connectivity index (χ2v) is 9.07. The van der Waals surface area contributed by atoms with Gasteiger partial charge in [-0.25, -0.2) is 0 Å². The van der Waals surface area contributed by atoms with E-state index in [4.69, 9.17) is 12.2 Å². The average Bonchev–Trinajstić information content (AvgIpc) is 3.29. The van der Waals surface area contributed by atoms with Crippen molar-refractivity contribution >= 4 is 28.2 Å². The fourth-order valence-corrected chi connectivity index (χ4v) is 4.78. The molecule has 1 heterocycles. The maximum Gasteiger partial charge on any atom is 0.253 e. The van der Waals surface area contributed by atoms with Crippen LogP contribution in [0.1, 0.15) is 47.9 Å². The third-order valence-corrected chi connectivity index (χ3v) is 6.81. The van der Waals surface area contributed by atoms with Crippen LogP contribution < -0.4 is 10.9 Å². The number of hydrogen-bond donors (Lipinski definition) is 2. The summed E-state index contributed by atoms with van der Waals surface area (Å²) < 4.78 is 0. The number of aromatic nitrogens is 1. The third-order valence-electron chi connectivity index (χ3n) is 6.44. The Labute approximate surface area is 189 Å². The molecule has 3 aromatic rings.